The number of ether oxygens (including phenoxy) is 2. The van der Waals surface area contributed by atoms with Crippen molar-refractivity contribution in [3.05, 3.63) is 32.8 Å². The third kappa shape index (κ3) is 5.09. The molecule has 1 saturated carbocycles. The minimum atomic E-state index is -0.562. The van der Waals surface area contributed by atoms with Crippen LogP contribution in [-0.2, 0) is 4.74 Å². The molecule has 0 bridgehead atoms. The normalized spacial score (nSPS) is 15.7. The highest BCUT2D eigenvalue weighted by atomic mass is 79.9. The Kier molecular flexibility index (Phi) is 4.84. The Bertz CT molecular complexity index is 623. The van der Waals surface area contributed by atoms with Crippen molar-refractivity contribution in [2.45, 2.75) is 44.8 Å². The number of hydrogen-bond donors (Lipinski definition) is 1. The van der Waals surface area contributed by atoms with E-state index in [1.807, 2.05) is 0 Å². The quantitative estimate of drug-likeness (QED) is 0.613. The first kappa shape index (κ1) is 17.5. The molecule has 1 N–H and O–H groups in total. The van der Waals surface area contributed by atoms with Gasteiger partial charge in [-0.25, -0.2) is 4.79 Å². The lowest BCUT2D eigenvalue weighted by Crippen LogP contribution is -2.44. The van der Waals surface area contributed by atoms with Gasteiger partial charge < -0.3 is 14.8 Å². The largest absolute Gasteiger partial charge is 0.491 e. The summed E-state index contributed by atoms with van der Waals surface area (Å²) < 4.78 is 11.2. The van der Waals surface area contributed by atoms with Crippen LogP contribution in [0, 0.1) is 10.1 Å². The maximum atomic E-state index is 11.8. The monoisotopic (exact) mass is 386 g/mol. The first-order valence-corrected chi connectivity index (χ1v) is 7.97. The SMILES string of the molecule is CC(C)(C)OC(=O)NC1(COc2ccc(Br)c([N+](=O)[O-])c2)CC1. The second kappa shape index (κ2) is 6.35. The molecule has 126 valence electrons. The Labute approximate surface area is 142 Å². The molecule has 0 heterocycles. The molecule has 23 heavy (non-hydrogen) atoms. The zero-order valence-corrected chi connectivity index (χ0v) is 14.8. The lowest BCUT2D eigenvalue weighted by molar-refractivity contribution is -0.385. The molecule has 2 rings (SSSR count). The van der Waals surface area contributed by atoms with Crippen LogP contribution in [0.25, 0.3) is 0 Å². The van der Waals surface area contributed by atoms with E-state index in [2.05, 4.69) is 21.2 Å². The fourth-order valence-corrected chi connectivity index (χ4v) is 2.31. The zero-order chi connectivity index (χ0) is 17.3. The second-order valence-corrected chi connectivity index (χ2v) is 7.42. The minimum Gasteiger partial charge on any atom is -0.491 e. The number of benzene rings is 1. The highest BCUT2D eigenvalue weighted by Crippen LogP contribution is 2.37. The van der Waals surface area contributed by atoms with Crippen LogP contribution in [-0.4, -0.2) is 28.8 Å². The summed E-state index contributed by atoms with van der Waals surface area (Å²) in [6.07, 6.45) is 1.08. The molecule has 1 aliphatic carbocycles. The zero-order valence-electron chi connectivity index (χ0n) is 13.2. The van der Waals surface area contributed by atoms with Gasteiger partial charge in [0.2, 0.25) is 0 Å². The number of amides is 1. The smallest absolute Gasteiger partial charge is 0.408 e. The van der Waals surface area contributed by atoms with E-state index >= 15 is 0 Å². The van der Waals surface area contributed by atoms with E-state index in [1.165, 1.54) is 6.07 Å². The van der Waals surface area contributed by atoms with Crippen molar-refractivity contribution in [1.82, 2.24) is 5.32 Å². The number of hydrogen-bond acceptors (Lipinski definition) is 5. The Morgan fingerprint density at radius 2 is 2.09 bits per heavy atom. The summed E-state index contributed by atoms with van der Waals surface area (Å²) in [5, 5.41) is 13.7. The van der Waals surface area contributed by atoms with E-state index in [4.69, 9.17) is 9.47 Å². The number of nitrogens with zero attached hydrogens (tertiary/aromatic N) is 1. The number of nitro groups is 1. The van der Waals surface area contributed by atoms with Crippen LogP contribution < -0.4 is 10.1 Å². The van der Waals surface area contributed by atoms with Crippen molar-refractivity contribution in [2.75, 3.05) is 6.61 Å². The van der Waals surface area contributed by atoms with Crippen molar-refractivity contribution in [2.24, 2.45) is 0 Å². The van der Waals surface area contributed by atoms with Crippen molar-refractivity contribution < 1.29 is 19.2 Å². The molecule has 0 spiro atoms. The highest BCUT2D eigenvalue weighted by molar-refractivity contribution is 9.10. The van der Waals surface area contributed by atoms with Gasteiger partial charge in [0.25, 0.3) is 5.69 Å². The number of rotatable bonds is 5. The van der Waals surface area contributed by atoms with Gasteiger partial charge in [0.05, 0.1) is 21.0 Å². The Morgan fingerprint density at radius 3 is 2.61 bits per heavy atom. The molecule has 0 unspecified atom stereocenters. The van der Waals surface area contributed by atoms with Gasteiger partial charge in [-0.05, 0) is 61.7 Å². The molecule has 1 fully saturated rings. The molecule has 0 atom stereocenters. The standard InChI is InChI=1S/C15H19BrN2O5/c1-14(2,3)23-13(19)17-15(6-7-15)9-22-10-4-5-11(16)12(8-10)18(20)21/h4-5,8H,6-7,9H2,1-3H3,(H,17,19). The van der Waals surface area contributed by atoms with Crippen molar-refractivity contribution in [3.63, 3.8) is 0 Å². The Balaban J connectivity index is 1.94. The van der Waals surface area contributed by atoms with Crippen molar-refractivity contribution >= 4 is 27.7 Å². The number of nitro benzene ring substituents is 1. The summed E-state index contributed by atoms with van der Waals surface area (Å²) in [6, 6.07) is 4.56. The van der Waals surface area contributed by atoms with E-state index in [0.29, 0.717) is 10.2 Å². The molecule has 7 nitrogen and oxygen atoms in total. The maximum absolute atomic E-state index is 11.8. The third-order valence-electron chi connectivity index (χ3n) is 3.25. The van der Waals surface area contributed by atoms with Gasteiger partial charge in [-0.3, -0.25) is 10.1 Å². The summed E-state index contributed by atoms with van der Waals surface area (Å²) in [6.45, 7) is 5.63. The lowest BCUT2D eigenvalue weighted by atomic mass is 10.2. The maximum Gasteiger partial charge on any atom is 0.408 e. The summed E-state index contributed by atoms with van der Waals surface area (Å²) in [5.41, 5.74) is -1.08. The van der Waals surface area contributed by atoms with E-state index < -0.39 is 22.2 Å². The molecule has 8 heteroatoms. The van der Waals surface area contributed by atoms with Crippen LogP contribution in [0.1, 0.15) is 33.6 Å². The van der Waals surface area contributed by atoms with E-state index in [1.54, 1.807) is 32.9 Å². The lowest BCUT2D eigenvalue weighted by Gasteiger charge is -2.23. The van der Waals surface area contributed by atoms with Gasteiger partial charge >= 0.3 is 6.09 Å². The molecular weight excluding hydrogens is 368 g/mol. The van der Waals surface area contributed by atoms with Crippen LogP contribution in [0.3, 0.4) is 0 Å². The van der Waals surface area contributed by atoms with Crippen LogP contribution >= 0.6 is 15.9 Å². The minimum absolute atomic E-state index is 0.0625. The number of carbonyl (C=O) groups is 1. The van der Waals surface area contributed by atoms with Crippen LogP contribution in [0.15, 0.2) is 22.7 Å². The van der Waals surface area contributed by atoms with Crippen LogP contribution in [0.2, 0.25) is 0 Å². The number of alkyl carbamates (subject to hydrolysis) is 1. The highest BCUT2D eigenvalue weighted by Gasteiger charge is 2.46. The molecule has 1 aliphatic rings. The van der Waals surface area contributed by atoms with Crippen LogP contribution in [0.4, 0.5) is 10.5 Å². The van der Waals surface area contributed by atoms with Gasteiger partial charge in [-0.2, -0.15) is 0 Å². The van der Waals surface area contributed by atoms with Gasteiger partial charge in [0.15, 0.2) is 0 Å². The van der Waals surface area contributed by atoms with Gasteiger partial charge in [0.1, 0.15) is 18.0 Å². The molecule has 0 saturated heterocycles. The van der Waals surface area contributed by atoms with Crippen molar-refractivity contribution in [3.8, 4) is 5.75 Å². The number of carbonyl (C=O) groups excluding carboxylic acids is 1. The average molecular weight is 387 g/mol. The molecule has 1 aromatic carbocycles. The second-order valence-electron chi connectivity index (χ2n) is 6.57. The summed E-state index contributed by atoms with van der Waals surface area (Å²) >= 11 is 3.12. The predicted octanol–water partition coefficient (Wildman–Crippen LogP) is 3.79. The van der Waals surface area contributed by atoms with Gasteiger partial charge in [-0.15, -0.1) is 0 Å². The fraction of sp³-hybridized carbons (Fsp3) is 0.533. The average Bonchev–Trinajstić information content (AvgIpc) is 3.15. The van der Waals surface area contributed by atoms with Crippen LogP contribution in [0.5, 0.6) is 5.75 Å². The van der Waals surface area contributed by atoms with Gasteiger partial charge in [0, 0.05) is 0 Å². The number of nitrogens with one attached hydrogen (secondary N) is 1. The summed E-state index contributed by atoms with van der Waals surface area (Å²) in [5.74, 6) is 0.386. The third-order valence-corrected chi connectivity index (χ3v) is 3.92. The Morgan fingerprint density at radius 1 is 1.43 bits per heavy atom. The molecular formula is C15H19BrN2O5. The topological polar surface area (TPSA) is 90.7 Å². The molecule has 0 radical (unpaired) electrons. The molecule has 1 amide bonds. The molecule has 0 aliphatic heterocycles. The van der Waals surface area contributed by atoms with Crippen molar-refractivity contribution in [1.29, 1.82) is 0 Å². The predicted molar refractivity (Wildman–Crippen MR) is 87.6 cm³/mol. The summed E-state index contributed by atoms with van der Waals surface area (Å²) in [4.78, 5) is 22.3. The van der Waals surface area contributed by atoms with E-state index in [0.717, 1.165) is 12.8 Å². The first-order chi connectivity index (χ1) is 10.6. The number of halogens is 1. The Hall–Kier alpha value is -1.83. The first-order valence-electron chi connectivity index (χ1n) is 7.18. The molecule has 0 aromatic heterocycles. The van der Waals surface area contributed by atoms with E-state index in [-0.39, 0.29) is 12.3 Å². The fourth-order valence-electron chi connectivity index (χ4n) is 1.92. The summed E-state index contributed by atoms with van der Waals surface area (Å²) in [7, 11) is 0. The molecule has 1 aromatic rings. The van der Waals surface area contributed by atoms with E-state index in [9.17, 15) is 14.9 Å². The van der Waals surface area contributed by atoms with Gasteiger partial charge in [-0.1, -0.05) is 0 Å².